The fourth-order valence-corrected chi connectivity index (χ4v) is 5.28. The lowest BCUT2D eigenvalue weighted by Crippen LogP contribution is -2.48. The number of aryl methyl sites for hydroxylation is 3. The molecule has 0 atom stereocenters. The van der Waals surface area contributed by atoms with E-state index >= 15 is 0 Å². The van der Waals surface area contributed by atoms with Crippen LogP contribution >= 0.6 is 11.6 Å². The number of hydrogen-bond donors (Lipinski definition) is 1. The SMILES string of the molecule is Cc1n[nH]c(C)c1S(=O)(=O)N1CCN(CCCc2ccc(Cl)cc2)CC1. The van der Waals surface area contributed by atoms with Gasteiger partial charge in [-0.1, -0.05) is 23.7 Å². The van der Waals surface area contributed by atoms with Crippen molar-refractivity contribution >= 4 is 21.6 Å². The van der Waals surface area contributed by atoms with Gasteiger partial charge in [-0.3, -0.25) is 5.10 Å². The summed E-state index contributed by atoms with van der Waals surface area (Å²) in [6, 6.07) is 7.95. The monoisotopic (exact) mass is 396 g/mol. The van der Waals surface area contributed by atoms with Crippen LogP contribution in [0.25, 0.3) is 0 Å². The van der Waals surface area contributed by atoms with Gasteiger partial charge in [-0.2, -0.15) is 9.40 Å². The molecule has 1 aliphatic heterocycles. The molecule has 3 rings (SSSR count). The summed E-state index contributed by atoms with van der Waals surface area (Å²) in [5, 5.41) is 7.54. The minimum Gasteiger partial charge on any atom is -0.301 e. The van der Waals surface area contributed by atoms with E-state index in [-0.39, 0.29) is 0 Å². The van der Waals surface area contributed by atoms with Gasteiger partial charge in [0.25, 0.3) is 0 Å². The number of nitrogens with zero attached hydrogens (tertiary/aromatic N) is 3. The zero-order chi connectivity index (χ0) is 18.7. The number of aromatic amines is 1. The molecule has 142 valence electrons. The molecule has 1 N–H and O–H groups in total. The van der Waals surface area contributed by atoms with Crippen molar-refractivity contribution in [3.05, 3.63) is 46.2 Å². The summed E-state index contributed by atoms with van der Waals surface area (Å²) in [5.41, 5.74) is 2.42. The Morgan fingerprint density at radius 3 is 2.35 bits per heavy atom. The number of benzene rings is 1. The lowest BCUT2D eigenvalue weighted by atomic mass is 10.1. The van der Waals surface area contributed by atoms with Crippen LogP contribution < -0.4 is 0 Å². The van der Waals surface area contributed by atoms with E-state index in [0.717, 1.165) is 37.5 Å². The smallest absolute Gasteiger partial charge is 0.246 e. The molecular formula is C18H25ClN4O2S. The number of aromatic nitrogens is 2. The Morgan fingerprint density at radius 2 is 1.77 bits per heavy atom. The van der Waals surface area contributed by atoms with Gasteiger partial charge in [0.2, 0.25) is 10.0 Å². The van der Waals surface area contributed by atoms with Crippen LogP contribution in [-0.2, 0) is 16.4 Å². The second kappa shape index (κ2) is 8.08. The Kier molecular flexibility index (Phi) is 6.02. The first-order valence-electron chi connectivity index (χ1n) is 8.86. The second-order valence-electron chi connectivity index (χ2n) is 6.74. The Labute approximate surface area is 160 Å². The molecule has 2 aromatic rings. The van der Waals surface area contributed by atoms with Crippen molar-refractivity contribution in [1.29, 1.82) is 0 Å². The molecule has 0 aliphatic carbocycles. The zero-order valence-electron chi connectivity index (χ0n) is 15.2. The average molecular weight is 397 g/mol. The third-order valence-corrected chi connectivity index (χ3v) is 7.26. The van der Waals surface area contributed by atoms with E-state index < -0.39 is 10.0 Å². The molecule has 1 aromatic heterocycles. The van der Waals surface area contributed by atoms with Crippen LogP contribution in [0, 0.1) is 13.8 Å². The molecule has 0 spiro atoms. The molecule has 0 bridgehead atoms. The summed E-state index contributed by atoms with van der Waals surface area (Å²) in [6.07, 6.45) is 2.05. The highest BCUT2D eigenvalue weighted by molar-refractivity contribution is 7.89. The van der Waals surface area contributed by atoms with Crippen LogP contribution in [-0.4, -0.2) is 60.5 Å². The van der Waals surface area contributed by atoms with Crippen molar-refractivity contribution in [1.82, 2.24) is 19.4 Å². The maximum atomic E-state index is 12.9. The molecule has 6 nitrogen and oxygen atoms in total. The number of piperazine rings is 1. The van der Waals surface area contributed by atoms with Gasteiger partial charge < -0.3 is 4.90 Å². The third kappa shape index (κ3) is 4.28. The molecule has 1 aromatic carbocycles. The van der Waals surface area contributed by atoms with Crippen molar-refractivity contribution in [2.75, 3.05) is 32.7 Å². The molecule has 0 saturated carbocycles. The topological polar surface area (TPSA) is 69.3 Å². The van der Waals surface area contributed by atoms with Crippen LogP contribution in [0.15, 0.2) is 29.2 Å². The predicted molar refractivity (Wildman–Crippen MR) is 103 cm³/mol. The van der Waals surface area contributed by atoms with Crippen LogP contribution in [0.1, 0.15) is 23.4 Å². The quantitative estimate of drug-likeness (QED) is 0.814. The molecule has 1 saturated heterocycles. The van der Waals surface area contributed by atoms with Gasteiger partial charge in [-0.05, 0) is 50.9 Å². The van der Waals surface area contributed by atoms with Gasteiger partial charge in [0.15, 0.2) is 0 Å². The number of nitrogens with one attached hydrogen (secondary N) is 1. The molecule has 2 heterocycles. The first kappa shape index (κ1) is 19.4. The van der Waals surface area contributed by atoms with Crippen LogP contribution in [0.5, 0.6) is 0 Å². The van der Waals surface area contributed by atoms with Crippen LogP contribution in [0.2, 0.25) is 5.02 Å². The summed E-state index contributed by atoms with van der Waals surface area (Å²) in [7, 11) is -3.47. The maximum Gasteiger partial charge on any atom is 0.246 e. The lowest BCUT2D eigenvalue weighted by Gasteiger charge is -2.34. The summed E-state index contributed by atoms with van der Waals surface area (Å²) < 4.78 is 27.3. The summed E-state index contributed by atoms with van der Waals surface area (Å²) in [4.78, 5) is 2.66. The number of sulfonamides is 1. The van der Waals surface area contributed by atoms with Gasteiger partial charge in [0.05, 0.1) is 11.4 Å². The number of rotatable bonds is 6. The molecular weight excluding hydrogens is 372 g/mol. The van der Waals surface area contributed by atoms with Crippen molar-refractivity contribution in [3.8, 4) is 0 Å². The molecule has 0 unspecified atom stereocenters. The molecule has 26 heavy (non-hydrogen) atoms. The highest BCUT2D eigenvalue weighted by Crippen LogP contribution is 2.22. The van der Waals surface area contributed by atoms with E-state index in [9.17, 15) is 8.42 Å². The summed E-state index contributed by atoms with van der Waals surface area (Å²) in [5.74, 6) is 0. The van der Waals surface area contributed by atoms with Crippen LogP contribution in [0.4, 0.5) is 0 Å². The number of halogens is 1. The molecule has 1 fully saturated rings. The Balaban J connectivity index is 1.50. The van der Waals surface area contributed by atoms with E-state index in [1.54, 1.807) is 18.2 Å². The van der Waals surface area contributed by atoms with Crippen molar-refractivity contribution < 1.29 is 8.42 Å². The average Bonchev–Trinajstić information content (AvgIpc) is 2.96. The van der Waals surface area contributed by atoms with Gasteiger partial charge >= 0.3 is 0 Å². The number of hydrogen-bond acceptors (Lipinski definition) is 4. The summed E-state index contributed by atoms with van der Waals surface area (Å²) >= 11 is 5.91. The third-order valence-electron chi connectivity index (χ3n) is 4.84. The van der Waals surface area contributed by atoms with E-state index in [1.807, 2.05) is 12.1 Å². The molecule has 8 heteroatoms. The highest BCUT2D eigenvalue weighted by atomic mass is 35.5. The van der Waals surface area contributed by atoms with Crippen molar-refractivity contribution in [2.45, 2.75) is 31.6 Å². The fourth-order valence-electron chi connectivity index (χ4n) is 3.40. The fraction of sp³-hybridized carbons (Fsp3) is 0.500. The Bertz CT molecular complexity index is 821. The molecule has 0 radical (unpaired) electrons. The van der Waals surface area contributed by atoms with E-state index in [2.05, 4.69) is 27.2 Å². The van der Waals surface area contributed by atoms with Gasteiger partial charge in [-0.25, -0.2) is 8.42 Å². The zero-order valence-corrected chi connectivity index (χ0v) is 16.8. The predicted octanol–water partition coefficient (Wildman–Crippen LogP) is 2.62. The summed E-state index contributed by atoms with van der Waals surface area (Å²) in [6.45, 7) is 7.01. The standard InChI is InChI=1S/C18H25ClN4O2S/c1-14-18(15(2)21-20-14)26(24,25)23-12-10-22(11-13-23)9-3-4-16-5-7-17(19)8-6-16/h5-8H,3-4,9-13H2,1-2H3,(H,20,21). The maximum absolute atomic E-state index is 12.9. The van der Waals surface area contributed by atoms with E-state index in [1.165, 1.54) is 5.56 Å². The largest absolute Gasteiger partial charge is 0.301 e. The molecule has 1 aliphatic rings. The van der Waals surface area contributed by atoms with Gasteiger partial charge in [0, 0.05) is 31.2 Å². The minimum atomic E-state index is -3.47. The first-order chi connectivity index (χ1) is 12.4. The van der Waals surface area contributed by atoms with Crippen molar-refractivity contribution in [3.63, 3.8) is 0 Å². The van der Waals surface area contributed by atoms with E-state index in [0.29, 0.717) is 29.4 Å². The first-order valence-corrected chi connectivity index (χ1v) is 10.7. The van der Waals surface area contributed by atoms with E-state index in [4.69, 9.17) is 11.6 Å². The highest BCUT2D eigenvalue weighted by Gasteiger charge is 2.31. The Morgan fingerprint density at radius 1 is 1.12 bits per heavy atom. The minimum absolute atomic E-state index is 0.327. The van der Waals surface area contributed by atoms with Crippen molar-refractivity contribution in [2.24, 2.45) is 0 Å². The van der Waals surface area contributed by atoms with Crippen LogP contribution in [0.3, 0.4) is 0 Å². The second-order valence-corrected chi connectivity index (χ2v) is 9.05. The molecule has 0 amide bonds. The number of H-pyrrole nitrogens is 1. The lowest BCUT2D eigenvalue weighted by molar-refractivity contribution is 0.186. The normalized spacial score (nSPS) is 16.9. The Hall–Kier alpha value is -1.41. The van der Waals surface area contributed by atoms with Gasteiger partial charge in [-0.15, -0.1) is 0 Å². The van der Waals surface area contributed by atoms with Gasteiger partial charge in [0.1, 0.15) is 4.90 Å².